The van der Waals surface area contributed by atoms with E-state index in [-0.39, 0.29) is 12.2 Å². The van der Waals surface area contributed by atoms with Gasteiger partial charge in [-0.1, -0.05) is 36.2 Å². The van der Waals surface area contributed by atoms with E-state index in [1.807, 2.05) is 6.92 Å². The van der Waals surface area contributed by atoms with Gasteiger partial charge in [-0.3, -0.25) is 14.5 Å². The number of urea groups is 1. The number of amides is 4. The third kappa shape index (κ3) is 3.25. The van der Waals surface area contributed by atoms with E-state index in [1.54, 1.807) is 6.08 Å². The van der Waals surface area contributed by atoms with Crippen LogP contribution in [0.1, 0.15) is 13.3 Å². The summed E-state index contributed by atoms with van der Waals surface area (Å²) >= 11 is 11.7. The summed E-state index contributed by atoms with van der Waals surface area (Å²) in [6.45, 7) is 1.57. The lowest BCUT2D eigenvalue weighted by Crippen LogP contribution is -2.35. The summed E-state index contributed by atoms with van der Waals surface area (Å²) in [5.41, 5.74) is 0.247. The van der Waals surface area contributed by atoms with Crippen LogP contribution in [-0.2, 0) is 9.59 Å². The number of rotatable bonds is 3. The molecule has 110 valence electrons. The first-order valence-corrected chi connectivity index (χ1v) is 7.00. The van der Waals surface area contributed by atoms with E-state index in [9.17, 15) is 14.4 Å². The fraction of sp³-hybridized carbons (Fsp3) is 0.214. The molecule has 0 aromatic heterocycles. The number of imide groups is 2. The number of carbonyl (C=O) groups is 3. The van der Waals surface area contributed by atoms with Crippen LogP contribution >= 0.6 is 23.2 Å². The minimum absolute atomic E-state index is 0.247. The van der Waals surface area contributed by atoms with Gasteiger partial charge in [0.25, 0.3) is 11.8 Å². The van der Waals surface area contributed by atoms with Crippen molar-refractivity contribution < 1.29 is 14.4 Å². The van der Waals surface area contributed by atoms with Crippen LogP contribution in [0.15, 0.2) is 30.4 Å². The molecule has 4 amide bonds. The maximum atomic E-state index is 12.2. The highest BCUT2D eigenvalue weighted by atomic mass is 35.5. The molecule has 1 fully saturated rings. The van der Waals surface area contributed by atoms with E-state index >= 15 is 0 Å². The lowest BCUT2D eigenvalue weighted by molar-refractivity contribution is -0.125. The zero-order valence-corrected chi connectivity index (χ0v) is 12.7. The smallest absolute Gasteiger partial charge is 0.272 e. The van der Waals surface area contributed by atoms with Gasteiger partial charge in [0, 0.05) is 10.0 Å². The number of allylic oxidation sites excluding steroid dienone is 1. The molecule has 1 aromatic carbocycles. The van der Waals surface area contributed by atoms with Crippen molar-refractivity contribution in [3.8, 4) is 0 Å². The number of benzene rings is 1. The maximum absolute atomic E-state index is 12.2. The Morgan fingerprint density at radius 1 is 1.24 bits per heavy atom. The minimum Gasteiger partial charge on any atom is -0.272 e. The number of anilines is 1. The highest BCUT2D eigenvalue weighted by Crippen LogP contribution is 2.28. The largest absolute Gasteiger partial charge is 0.338 e. The van der Waals surface area contributed by atoms with E-state index in [4.69, 9.17) is 23.2 Å². The summed E-state index contributed by atoms with van der Waals surface area (Å²) in [6.07, 6.45) is 3.56. The molecule has 2 rings (SSSR count). The first-order valence-electron chi connectivity index (χ1n) is 6.25. The second kappa shape index (κ2) is 6.28. The van der Waals surface area contributed by atoms with Gasteiger partial charge in [0.15, 0.2) is 0 Å². The monoisotopic (exact) mass is 326 g/mol. The maximum Gasteiger partial charge on any atom is 0.338 e. The van der Waals surface area contributed by atoms with Crippen LogP contribution in [-0.4, -0.2) is 29.3 Å². The number of nitrogens with zero attached hydrogens (tertiary/aromatic N) is 2. The highest BCUT2D eigenvalue weighted by Gasteiger charge is 2.40. The van der Waals surface area contributed by atoms with Crippen LogP contribution in [0.5, 0.6) is 0 Å². The van der Waals surface area contributed by atoms with Crippen LogP contribution in [0, 0.1) is 0 Å². The Balaban J connectivity index is 2.30. The summed E-state index contributed by atoms with van der Waals surface area (Å²) in [4.78, 5) is 37.9. The standard InChI is InChI=1S/C14H12Cl2N2O3/c1-2-3-4-12(19)17-8-13(20)18(14(17)21)11-6-9(15)5-10(16)7-11/h3-7H,2,8H2,1H3/b4-3+. The van der Waals surface area contributed by atoms with E-state index in [0.717, 1.165) is 9.80 Å². The zero-order valence-electron chi connectivity index (χ0n) is 11.2. The van der Waals surface area contributed by atoms with Gasteiger partial charge in [-0.25, -0.2) is 9.69 Å². The highest BCUT2D eigenvalue weighted by molar-refractivity contribution is 6.35. The average molecular weight is 327 g/mol. The Hall–Kier alpha value is -1.85. The molecular formula is C14H12Cl2N2O3. The molecule has 5 nitrogen and oxygen atoms in total. The Kier molecular flexibility index (Phi) is 4.65. The molecule has 0 N–H and O–H groups in total. The van der Waals surface area contributed by atoms with Gasteiger partial charge in [-0.2, -0.15) is 0 Å². The predicted octanol–water partition coefficient (Wildman–Crippen LogP) is 3.25. The summed E-state index contributed by atoms with van der Waals surface area (Å²) in [5.74, 6) is -1.03. The lowest BCUT2D eigenvalue weighted by atomic mass is 10.3. The van der Waals surface area contributed by atoms with Crippen molar-refractivity contribution in [3.05, 3.63) is 40.4 Å². The molecule has 0 bridgehead atoms. The van der Waals surface area contributed by atoms with E-state index in [1.165, 1.54) is 24.3 Å². The number of hydrogen-bond donors (Lipinski definition) is 0. The van der Waals surface area contributed by atoms with Crippen molar-refractivity contribution in [3.63, 3.8) is 0 Å². The van der Waals surface area contributed by atoms with Gasteiger partial charge >= 0.3 is 6.03 Å². The van der Waals surface area contributed by atoms with Gasteiger partial charge in [0.05, 0.1) is 5.69 Å². The molecule has 1 aliphatic heterocycles. The molecule has 1 aromatic rings. The molecule has 0 spiro atoms. The Morgan fingerprint density at radius 2 is 1.86 bits per heavy atom. The second-order valence-electron chi connectivity index (χ2n) is 4.37. The van der Waals surface area contributed by atoms with Crippen LogP contribution in [0.2, 0.25) is 10.0 Å². The summed E-state index contributed by atoms with van der Waals surface area (Å²) in [5, 5.41) is 0.600. The van der Waals surface area contributed by atoms with E-state index in [2.05, 4.69) is 0 Å². The molecule has 7 heteroatoms. The van der Waals surface area contributed by atoms with Gasteiger partial charge < -0.3 is 0 Å². The summed E-state index contributed by atoms with van der Waals surface area (Å²) in [7, 11) is 0. The van der Waals surface area contributed by atoms with Gasteiger partial charge in [-0.05, 0) is 30.7 Å². The predicted molar refractivity (Wildman–Crippen MR) is 80.5 cm³/mol. The molecule has 0 radical (unpaired) electrons. The van der Waals surface area contributed by atoms with Crippen LogP contribution < -0.4 is 4.90 Å². The Morgan fingerprint density at radius 3 is 2.43 bits per heavy atom. The van der Waals surface area contributed by atoms with Gasteiger partial charge in [0.1, 0.15) is 6.54 Å². The van der Waals surface area contributed by atoms with Crippen LogP contribution in [0.4, 0.5) is 10.5 Å². The Labute approximate surface area is 131 Å². The van der Waals surface area contributed by atoms with E-state index in [0.29, 0.717) is 16.5 Å². The first-order chi connectivity index (χ1) is 9.93. The Bertz CT molecular complexity index is 623. The molecule has 1 heterocycles. The molecule has 0 saturated carbocycles. The average Bonchev–Trinajstić information content (AvgIpc) is 2.70. The van der Waals surface area contributed by atoms with Crippen molar-refractivity contribution in [1.29, 1.82) is 0 Å². The summed E-state index contributed by atoms with van der Waals surface area (Å²) < 4.78 is 0. The molecule has 21 heavy (non-hydrogen) atoms. The first kappa shape index (κ1) is 15.5. The number of carbonyl (C=O) groups excluding carboxylic acids is 3. The molecule has 0 atom stereocenters. The number of hydrogen-bond acceptors (Lipinski definition) is 3. The van der Waals surface area contributed by atoms with Crippen molar-refractivity contribution in [2.24, 2.45) is 0 Å². The number of halogens is 2. The van der Waals surface area contributed by atoms with Gasteiger partial charge in [-0.15, -0.1) is 0 Å². The molecule has 0 unspecified atom stereocenters. The van der Waals surface area contributed by atoms with Crippen molar-refractivity contribution in [2.45, 2.75) is 13.3 Å². The van der Waals surface area contributed by atoms with Crippen LogP contribution in [0.3, 0.4) is 0 Å². The van der Waals surface area contributed by atoms with Gasteiger partial charge in [0.2, 0.25) is 0 Å². The third-order valence-electron chi connectivity index (χ3n) is 2.83. The zero-order chi connectivity index (χ0) is 15.6. The fourth-order valence-electron chi connectivity index (χ4n) is 1.90. The quantitative estimate of drug-likeness (QED) is 0.632. The topological polar surface area (TPSA) is 57.7 Å². The van der Waals surface area contributed by atoms with E-state index < -0.39 is 17.8 Å². The lowest BCUT2D eigenvalue weighted by Gasteiger charge is -2.15. The van der Waals surface area contributed by atoms with Crippen molar-refractivity contribution >= 4 is 46.7 Å². The van der Waals surface area contributed by atoms with Crippen molar-refractivity contribution in [1.82, 2.24) is 4.90 Å². The SMILES string of the molecule is CC/C=C/C(=O)N1CC(=O)N(c2cc(Cl)cc(Cl)c2)C1=O. The normalized spacial score (nSPS) is 15.4. The second-order valence-corrected chi connectivity index (χ2v) is 5.25. The molecular weight excluding hydrogens is 315 g/mol. The minimum atomic E-state index is -0.705. The molecule has 0 aliphatic carbocycles. The molecule has 1 saturated heterocycles. The fourth-order valence-corrected chi connectivity index (χ4v) is 2.42. The van der Waals surface area contributed by atoms with Crippen LogP contribution in [0.25, 0.3) is 0 Å². The summed E-state index contributed by atoms with van der Waals surface area (Å²) in [6, 6.07) is 3.67. The molecule has 1 aliphatic rings. The third-order valence-corrected chi connectivity index (χ3v) is 3.27. The van der Waals surface area contributed by atoms with Crippen molar-refractivity contribution in [2.75, 3.05) is 11.4 Å².